The maximum absolute atomic E-state index is 12.8. The third-order valence-electron chi connectivity index (χ3n) is 4.50. The molecule has 3 rings (SSSR count). The lowest BCUT2D eigenvalue weighted by atomic mass is 10.1. The number of carboxylic acid groups (broad SMARTS) is 1. The lowest BCUT2D eigenvalue weighted by Gasteiger charge is -2.28. The molecule has 1 aliphatic heterocycles. The number of carbonyl (C=O) groups is 1. The molecule has 2 N–H and O–H groups in total. The van der Waals surface area contributed by atoms with Gasteiger partial charge in [0, 0.05) is 24.0 Å². The Morgan fingerprint density at radius 3 is 2.50 bits per heavy atom. The Balaban J connectivity index is 1.91. The van der Waals surface area contributed by atoms with Gasteiger partial charge in [-0.05, 0) is 48.7 Å². The van der Waals surface area contributed by atoms with Gasteiger partial charge in [0.1, 0.15) is 0 Å². The second-order valence-corrected chi connectivity index (χ2v) is 6.29. The molecule has 1 unspecified atom stereocenters. The lowest BCUT2D eigenvalue weighted by Crippen LogP contribution is -2.40. The summed E-state index contributed by atoms with van der Waals surface area (Å²) in [5.74, 6) is -0.937. The van der Waals surface area contributed by atoms with Gasteiger partial charge in [-0.25, -0.2) is 0 Å². The highest BCUT2D eigenvalue weighted by atomic mass is 19.4. The van der Waals surface area contributed by atoms with Gasteiger partial charge in [-0.3, -0.25) is 4.79 Å². The van der Waals surface area contributed by atoms with Gasteiger partial charge in [0.05, 0.1) is 12.1 Å². The Kier molecular flexibility index (Phi) is 5.18. The standard InChI is InChI=1S/C19H19F3N2O2/c20-19(21,22)14-6-9-16(10-7-14)24-12-15(23-11-18(25)26)8-5-13-3-1-2-4-17(13)24/h1-4,6-7,9-10,15,23H,5,8,11-12H2,(H,25,26). The third-order valence-corrected chi connectivity index (χ3v) is 4.50. The van der Waals surface area contributed by atoms with Gasteiger partial charge in [0.2, 0.25) is 0 Å². The Morgan fingerprint density at radius 1 is 1.15 bits per heavy atom. The molecule has 0 spiro atoms. The van der Waals surface area contributed by atoms with Gasteiger partial charge < -0.3 is 15.3 Å². The Labute approximate surface area is 149 Å². The van der Waals surface area contributed by atoms with E-state index in [1.54, 1.807) is 0 Å². The minimum Gasteiger partial charge on any atom is -0.480 e. The van der Waals surface area contributed by atoms with Crippen molar-refractivity contribution in [1.82, 2.24) is 5.32 Å². The van der Waals surface area contributed by atoms with E-state index < -0.39 is 17.7 Å². The second kappa shape index (κ2) is 7.37. The molecule has 0 radical (unpaired) electrons. The first-order valence-electron chi connectivity index (χ1n) is 8.32. The summed E-state index contributed by atoms with van der Waals surface area (Å²) in [7, 11) is 0. The monoisotopic (exact) mass is 364 g/mol. The van der Waals surface area contributed by atoms with Crippen LogP contribution in [-0.2, 0) is 17.4 Å². The van der Waals surface area contributed by atoms with Crippen molar-refractivity contribution < 1.29 is 23.1 Å². The fourth-order valence-electron chi connectivity index (χ4n) is 3.20. The predicted octanol–water partition coefficient (Wildman–Crippen LogP) is 3.83. The van der Waals surface area contributed by atoms with E-state index in [1.165, 1.54) is 12.1 Å². The average molecular weight is 364 g/mol. The molecule has 0 saturated heterocycles. The topological polar surface area (TPSA) is 52.6 Å². The molecule has 1 aliphatic rings. The third kappa shape index (κ3) is 4.16. The van der Waals surface area contributed by atoms with Crippen LogP contribution < -0.4 is 10.2 Å². The van der Waals surface area contributed by atoms with E-state index in [0.717, 1.165) is 36.2 Å². The first-order valence-corrected chi connectivity index (χ1v) is 8.32. The Morgan fingerprint density at radius 2 is 1.85 bits per heavy atom. The Hall–Kier alpha value is -2.54. The number of benzene rings is 2. The maximum Gasteiger partial charge on any atom is 0.416 e. The van der Waals surface area contributed by atoms with Gasteiger partial charge >= 0.3 is 12.1 Å². The normalized spacial score (nSPS) is 17.5. The van der Waals surface area contributed by atoms with Crippen molar-refractivity contribution in [2.45, 2.75) is 25.1 Å². The summed E-state index contributed by atoms with van der Waals surface area (Å²) >= 11 is 0. The van der Waals surface area contributed by atoms with Crippen molar-refractivity contribution >= 4 is 17.3 Å². The van der Waals surface area contributed by atoms with Crippen molar-refractivity contribution in [2.75, 3.05) is 18.0 Å². The molecule has 138 valence electrons. The fourth-order valence-corrected chi connectivity index (χ4v) is 3.20. The number of hydrogen-bond donors (Lipinski definition) is 2. The Bertz CT molecular complexity index is 775. The summed E-state index contributed by atoms with van der Waals surface area (Å²) in [6.07, 6.45) is -2.85. The maximum atomic E-state index is 12.8. The predicted molar refractivity (Wildman–Crippen MR) is 92.6 cm³/mol. The van der Waals surface area contributed by atoms with Gasteiger partial charge in [0.25, 0.3) is 0 Å². The zero-order valence-electron chi connectivity index (χ0n) is 14.0. The van der Waals surface area contributed by atoms with E-state index in [4.69, 9.17) is 5.11 Å². The van der Waals surface area contributed by atoms with Crippen LogP contribution in [0.3, 0.4) is 0 Å². The molecule has 0 fully saturated rings. The number of nitrogens with one attached hydrogen (secondary N) is 1. The quantitative estimate of drug-likeness (QED) is 0.866. The molecule has 2 aromatic rings. The molecule has 0 saturated carbocycles. The molecule has 7 heteroatoms. The summed E-state index contributed by atoms with van der Waals surface area (Å²) in [5.41, 5.74) is 1.98. The minimum absolute atomic E-state index is 0.0826. The number of carboxylic acids is 1. The van der Waals surface area contributed by atoms with Crippen molar-refractivity contribution in [3.63, 3.8) is 0 Å². The van der Waals surface area contributed by atoms with E-state index in [2.05, 4.69) is 5.32 Å². The van der Waals surface area contributed by atoms with Gasteiger partial charge in [0.15, 0.2) is 0 Å². The zero-order chi connectivity index (χ0) is 18.7. The van der Waals surface area contributed by atoms with Crippen LogP contribution in [0, 0.1) is 0 Å². The average Bonchev–Trinajstić information content (AvgIpc) is 2.79. The van der Waals surface area contributed by atoms with Crippen molar-refractivity contribution in [3.8, 4) is 0 Å². The number of halogens is 3. The van der Waals surface area contributed by atoms with Crippen LogP contribution in [-0.4, -0.2) is 30.2 Å². The molecule has 0 aliphatic carbocycles. The molecule has 4 nitrogen and oxygen atoms in total. The number of aryl methyl sites for hydroxylation is 1. The van der Waals surface area contributed by atoms with E-state index in [1.807, 2.05) is 29.2 Å². The summed E-state index contributed by atoms with van der Waals surface area (Å²) in [5, 5.41) is 11.9. The molecule has 1 heterocycles. The smallest absolute Gasteiger partial charge is 0.416 e. The van der Waals surface area contributed by atoms with Crippen molar-refractivity contribution in [2.24, 2.45) is 0 Å². The summed E-state index contributed by atoms with van der Waals surface area (Å²) in [6, 6.07) is 12.7. The highest BCUT2D eigenvalue weighted by molar-refractivity contribution is 5.69. The zero-order valence-corrected chi connectivity index (χ0v) is 14.0. The number of hydrogen-bond acceptors (Lipinski definition) is 3. The van der Waals surface area contributed by atoms with Gasteiger partial charge in [-0.1, -0.05) is 18.2 Å². The SMILES string of the molecule is O=C(O)CNC1CCc2ccccc2N(c2ccc(C(F)(F)F)cc2)C1. The lowest BCUT2D eigenvalue weighted by molar-refractivity contribution is -0.138. The van der Waals surface area contributed by atoms with Crippen molar-refractivity contribution in [3.05, 3.63) is 59.7 Å². The number of alkyl halides is 3. The van der Waals surface area contributed by atoms with Crippen LogP contribution in [0.2, 0.25) is 0 Å². The summed E-state index contributed by atoms with van der Waals surface area (Å²) in [4.78, 5) is 12.8. The minimum atomic E-state index is -4.37. The number of nitrogens with zero attached hydrogens (tertiary/aromatic N) is 1. The highest BCUT2D eigenvalue weighted by Crippen LogP contribution is 2.35. The number of anilines is 2. The van der Waals surface area contributed by atoms with E-state index in [0.29, 0.717) is 12.2 Å². The van der Waals surface area contributed by atoms with E-state index >= 15 is 0 Å². The summed E-state index contributed by atoms with van der Waals surface area (Å²) < 4.78 is 38.5. The van der Waals surface area contributed by atoms with Crippen LogP contribution in [0.5, 0.6) is 0 Å². The molecule has 26 heavy (non-hydrogen) atoms. The fraction of sp³-hybridized carbons (Fsp3) is 0.316. The van der Waals surface area contributed by atoms with E-state index in [9.17, 15) is 18.0 Å². The molecule has 0 aromatic heterocycles. The van der Waals surface area contributed by atoms with Crippen LogP contribution >= 0.6 is 0 Å². The molecule has 1 atom stereocenters. The molecule has 0 bridgehead atoms. The van der Waals surface area contributed by atoms with Crippen LogP contribution in [0.1, 0.15) is 17.5 Å². The van der Waals surface area contributed by atoms with Gasteiger partial charge in [-0.15, -0.1) is 0 Å². The number of fused-ring (bicyclic) bond motifs is 1. The molecular formula is C19H19F3N2O2. The highest BCUT2D eigenvalue weighted by Gasteiger charge is 2.30. The van der Waals surface area contributed by atoms with E-state index in [-0.39, 0.29) is 12.6 Å². The van der Waals surface area contributed by atoms with Crippen LogP contribution in [0.4, 0.5) is 24.5 Å². The van der Waals surface area contributed by atoms with Crippen LogP contribution in [0.15, 0.2) is 48.5 Å². The van der Waals surface area contributed by atoms with Gasteiger partial charge in [-0.2, -0.15) is 13.2 Å². The summed E-state index contributed by atoms with van der Waals surface area (Å²) in [6.45, 7) is 0.331. The first kappa shape index (κ1) is 18.3. The number of aliphatic carboxylic acids is 1. The first-order chi connectivity index (χ1) is 12.3. The molecule has 2 aromatic carbocycles. The number of rotatable bonds is 4. The second-order valence-electron chi connectivity index (χ2n) is 6.29. The van der Waals surface area contributed by atoms with Crippen molar-refractivity contribution in [1.29, 1.82) is 0 Å². The molecular weight excluding hydrogens is 345 g/mol. The molecule has 0 amide bonds. The van der Waals surface area contributed by atoms with Crippen LogP contribution in [0.25, 0.3) is 0 Å². The largest absolute Gasteiger partial charge is 0.480 e. The number of para-hydroxylation sites is 1.